The Kier molecular flexibility index (Phi) is 2.22. The van der Waals surface area contributed by atoms with Gasteiger partial charge in [0.1, 0.15) is 0 Å². The van der Waals surface area contributed by atoms with Gasteiger partial charge in [-0.05, 0) is 13.8 Å². The molecule has 0 saturated carbocycles. The van der Waals surface area contributed by atoms with Crippen LogP contribution in [0.2, 0.25) is 0 Å². The first-order chi connectivity index (χ1) is 7.37. The van der Waals surface area contributed by atoms with Crippen LogP contribution in [0.5, 0.6) is 0 Å². The van der Waals surface area contributed by atoms with Crippen LogP contribution in [0.1, 0.15) is 11.4 Å². The molecule has 1 heterocycles. The third kappa shape index (κ3) is 1.11. The van der Waals surface area contributed by atoms with Crippen LogP contribution in [-0.4, -0.2) is 4.57 Å². The summed E-state index contributed by atoms with van der Waals surface area (Å²) in [5.74, 6) is -6.21. The van der Waals surface area contributed by atoms with Gasteiger partial charge < -0.3 is 4.57 Å². The summed E-state index contributed by atoms with van der Waals surface area (Å²) in [5, 5.41) is -0.396. The number of hydrogen-bond donors (Lipinski definition) is 0. The molecule has 2 rings (SSSR count). The van der Waals surface area contributed by atoms with Crippen LogP contribution in [0.3, 0.4) is 0 Å². The highest BCUT2D eigenvalue weighted by molar-refractivity contribution is 5.89. The molecule has 0 spiro atoms. The van der Waals surface area contributed by atoms with E-state index in [1.165, 1.54) is 18.4 Å². The van der Waals surface area contributed by atoms with E-state index in [1.807, 2.05) is 0 Å². The normalized spacial score (nSPS) is 11.4. The van der Waals surface area contributed by atoms with Gasteiger partial charge in [-0.15, -0.1) is 0 Å². The van der Waals surface area contributed by atoms with Crippen molar-refractivity contribution in [3.63, 3.8) is 0 Å². The van der Waals surface area contributed by atoms with E-state index >= 15 is 0 Å². The largest absolute Gasteiger partial charge is 0.351 e. The van der Waals surface area contributed by atoms with Crippen molar-refractivity contribution in [2.75, 3.05) is 0 Å². The van der Waals surface area contributed by atoms with Gasteiger partial charge in [0.15, 0.2) is 23.3 Å². The Bertz CT molecular complexity index is 547. The van der Waals surface area contributed by atoms with Crippen LogP contribution in [0.25, 0.3) is 10.8 Å². The van der Waals surface area contributed by atoms with E-state index in [2.05, 4.69) is 0 Å². The predicted molar refractivity (Wildman–Crippen MR) is 52.2 cm³/mol. The van der Waals surface area contributed by atoms with Gasteiger partial charge in [0.05, 0.1) is 0 Å². The summed E-state index contributed by atoms with van der Waals surface area (Å²) in [6.45, 7) is 3.05. The Morgan fingerprint density at radius 2 is 1.00 bits per heavy atom. The first-order valence-corrected chi connectivity index (χ1v) is 4.65. The lowest BCUT2D eigenvalue weighted by molar-refractivity contribution is 0.418. The average molecular weight is 231 g/mol. The van der Waals surface area contributed by atoms with Gasteiger partial charge in [-0.2, -0.15) is 0 Å². The molecule has 0 bridgehead atoms. The summed E-state index contributed by atoms with van der Waals surface area (Å²) >= 11 is 0. The Morgan fingerprint density at radius 1 is 0.688 bits per heavy atom. The Morgan fingerprint density at radius 3 is 1.31 bits per heavy atom. The molecule has 0 radical (unpaired) electrons. The first kappa shape index (κ1) is 11.0. The highest BCUT2D eigenvalue weighted by Gasteiger charge is 2.25. The van der Waals surface area contributed by atoms with Crippen LogP contribution >= 0.6 is 0 Å². The number of aryl methyl sites for hydroxylation is 2. The number of hydrogen-bond acceptors (Lipinski definition) is 0. The number of aromatic nitrogens is 1. The Labute approximate surface area is 89.3 Å². The second-order valence-electron chi connectivity index (χ2n) is 3.74. The minimum absolute atomic E-state index is 0.198. The molecule has 0 aliphatic carbocycles. The lowest BCUT2D eigenvalue weighted by Gasteiger charge is -2.01. The monoisotopic (exact) mass is 231 g/mol. The van der Waals surface area contributed by atoms with Gasteiger partial charge in [0, 0.05) is 29.2 Å². The minimum Gasteiger partial charge on any atom is -0.351 e. The van der Waals surface area contributed by atoms with Gasteiger partial charge in [-0.3, -0.25) is 0 Å². The summed E-state index contributed by atoms with van der Waals surface area (Å²) in [7, 11) is 1.58. The van der Waals surface area contributed by atoms with Gasteiger partial charge in [-0.25, -0.2) is 17.6 Å². The van der Waals surface area contributed by atoms with Crippen molar-refractivity contribution < 1.29 is 17.6 Å². The van der Waals surface area contributed by atoms with Crippen molar-refractivity contribution in [1.82, 2.24) is 4.57 Å². The van der Waals surface area contributed by atoms with E-state index in [4.69, 9.17) is 0 Å². The molecule has 0 N–H and O–H groups in total. The molecule has 86 valence electrons. The SMILES string of the molecule is Cc1c2c(F)c(F)c(F)c(F)c2c(C)n1C. The van der Waals surface area contributed by atoms with E-state index < -0.39 is 23.3 Å². The van der Waals surface area contributed by atoms with E-state index in [9.17, 15) is 17.6 Å². The van der Waals surface area contributed by atoms with Gasteiger partial charge in [0.2, 0.25) is 0 Å². The fourth-order valence-electron chi connectivity index (χ4n) is 1.90. The molecule has 1 nitrogen and oxygen atoms in total. The minimum atomic E-state index is -1.77. The van der Waals surface area contributed by atoms with Crippen molar-refractivity contribution in [1.29, 1.82) is 0 Å². The molecule has 0 saturated heterocycles. The average Bonchev–Trinajstić information content (AvgIpc) is 2.48. The van der Waals surface area contributed by atoms with Crippen LogP contribution in [0.15, 0.2) is 0 Å². The number of nitrogens with zero attached hydrogens (tertiary/aromatic N) is 1. The smallest absolute Gasteiger partial charge is 0.198 e. The molecule has 0 unspecified atom stereocenters. The molecular formula is C11H9F4N. The predicted octanol–water partition coefficient (Wildman–Crippen LogP) is 3.35. The standard InChI is InChI=1S/C11H9F4N/c1-4-6-7(5(2)16(4)3)9(13)11(15)10(14)8(6)12/h1-3H3. The lowest BCUT2D eigenvalue weighted by Crippen LogP contribution is -1.97. The summed E-state index contributed by atoms with van der Waals surface area (Å²) in [6, 6.07) is 0. The van der Waals surface area contributed by atoms with Crippen molar-refractivity contribution in [3.8, 4) is 0 Å². The maximum atomic E-state index is 13.5. The second-order valence-corrected chi connectivity index (χ2v) is 3.74. The van der Waals surface area contributed by atoms with E-state index in [1.54, 1.807) is 7.05 Å². The molecule has 0 aliphatic heterocycles. The number of rotatable bonds is 0. The molecule has 0 amide bonds. The maximum Gasteiger partial charge on any atom is 0.198 e. The van der Waals surface area contributed by atoms with Crippen LogP contribution in [0.4, 0.5) is 17.6 Å². The van der Waals surface area contributed by atoms with Crippen LogP contribution < -0.4 is 0 Å². The molecular weight excluding hydrogens is 222 g/mol. The summed E-state index contributed by atoms with van der Waals surface area (Å²) in [6.07, 6.45) is 0. The van der Waals surface area contributed by atoms with Crippen molar-refractivity contribution in [3.05, 3.63) is 34.7 Å². The van der Waals surface area contributed by atoms with Crippen molar-refractivity contribution in [2.45, 2.75) is 13.8 Å². The van der Waals surface area contributed by atoms with Crippen molar-refractivity contribution in [2.24, 2.45) is 7.05 Å². The topological polar surface area (TPSA) is 4.93 Å². The Balaban J connectivity index is 3.15. The zero-order valence-corrected chi connectivity index (χ0v) is 8.96. The molecule has 0 atom stereocenters. The number of benzene rings is 1. The number of halogens is 4. The van der Waals surface area contributed by atoms with Crippen LogP contribution in [0, 0.1) is 37.1 Å². The van der Waals surface area contributed by atoms with Gasteiger partial charge >= 0.3 is 0 Å². The third-order valence-corrected chi connectivity index (χ3v) is 3.00. The highest BCUT2D eigenvalue weighted by Crippen LogP contribution is 2.32. The maximum absolute atomic E-state index is 13.5. The molecule has 1 aromatic carbocycles. The molecule has 16 heavy (non-hydrogen) atoms. The first-order valence-electron chi connectivity index (χ1n) is 4.65. The van der Waals surface area contributed by atoms with E-state index in [0.29, 0.717) is 11.4 Å². The number of fused-ring (bicyclic) bond motifs is 1. The van der Waals surface area contributed by atoms with Crippen molar-refractivity contribution >= 4 is 10.8 Å². The quantitative estimate of drug-likeness (QED) is 0.372. The van der Waals surface area contributed by atoms with Gasteiger partial charge in [0.25, 0.3) is 0 Å². The summed E-state index contributed by atoms with van der Waals surface area (Å²) in [4.78, 5) is 0. The third-order valence-electron chi connectivity index (χ3n) is 3.00. The fourth-order valence-corrected chi connectivity index (χ4v) is 1.90. The zero-order chi connectivity index (χ0) is 12.2. The Hall–Kier alpha value is -1.52. The summed E-state index contributed by atoms with van der Waals surface area (Å²) in [5.41, 5.74) is 0.727. The van der Waals surface area contributed by atoms with Gasteiger partial charge in [-0.1, -0.05) is 0 Å². The van der Waals surface area contributed by atoms with Crippen LogP contribution in [-0.2, 0) is 7.05 Å². The summed E-state index contributed by atoms with van der Waals surface area (Å²) < 4.78 is 54.6. The second kappa shape index (κ2) is 3.23. The fraction of sp³-hybridized carbons (Fsp3) is 0.273. The zero-order valence-electron chi connectivity index (χ0n) is 8.96. The lowest BCUT2D eigenvalue weighted by atomic mass is 10.1. The molecule has 0 aliphatic rings. The molecule has 1 aromatic heterocycles. The molecule has 5 heteroatoms. The molecule has 2 aromatic rings. The van der Waals surface area contributed by atoms with E-state index in [-0.39, 0.29) is 10.8 Å². The van der Waals surface area contributed by atoms with E-state index in [0.717, 1.165) is 0 Å². The highest BCUT2D eigenvalue weighted by atomic mass is 19.2. The molecule has 0 fully saturated rings.